The quantitative estimate of drug-likeness (QED) is 0.456. The van der Waals surface area contributed by atoms with E-state index >= 15 is 0 Å². The number of carbonyl (C=O) groups excluding carboxylic acids is 1. The molecule has 0 heterocycles. The summed E-state index contributed by atoms with van der Waals surface area (Å²) < 4.78 is 4.51. The van der Waals surface area contributed by atoms with E-state index in [1.54, 1.807) is 0 Å². The Morgan fingerprint density at radius 1 is 1.62 bits per heavy atom. The van der Waals surface area contributed by atoms with Crippen molar-refractivity contribution >= 4 is 5.97 Å². The number of ether oxygens (including phenoxy) is 1. The SMILES string of the molecule is COC(=O)CCCNC1(CO)CC1. The molecule has 13 heavy (non-hydrogen) atoms. The van der Waals surface area contributed by atoms with Gasteiger partial charge >= 0.3 is 5.97 Å². The van der Waals surface area contributed by atoms with E-state index in [9.17, 15) is 4.79 Å². The molecule has 0 amide bonds. The van der Waals surface area contributed by atoms with E-state index in [0.29, 0.717) is 6.42 Å². The molecule has 1 aliphatic carbocycles. The lowest BCUT2D eigenvalue weighted by molar-refractivity contribution is -0.140. The second-order valence-corrected chi connectivity index (χ2v) is 3.54. The normalized spacial score (nSPS) is 18.3. The van der Waals surface area contributed by atoms with Crippen molar-refractivity contribution < 1.29 is 14.6 Å². The maximum absolute atomic E-state index is 10.7. The molecule has 76 valence electrons. The number of methoxy groups -OCH3 is 1. The number of esters is 1. The molecule has 1 saturated carbocycles. The van der Waals surface area contributed by atoms with E-state index in [1.807, 2.05) is 0 Å². The fourth-order valence-corrected chi connectivity index (χ4v) is 1.23. The van der Waals surface area contributed by atoms with Gasteiger partial charge in [0.1, 0.15) is 0 Å². The summed E-state index contributed by atoms with van der Waals surface area (Å²) in [5.41, 5.74) is -0.0177. The average molecular weight is 187 g/mol. The van der Waals surface area contributed by atoms with Crippen LogP contribution < -0.4 is 5.32 Å². The zero-order chi connectivity index (χ0) is 9.73. The predicted molar refractivity (Wildman–Crippen MR) is 48.3 cm³/mol. The third-order valence-electron chi connectivity index (χ3n) is 2.44. The van der Waals surface area contributed by atoms with Gasteiger partial charge in [0.05, 0.1) is 13.7 Å². The minimum absolute atomic E-state index is 0.0177. The molecule has 0 aromatic carbocycles. The van der Waals surface area contributed by atoms with Gasteiger partial charge in [-0.05, 0) is 25.8 Å². The first-order chi connectivity index (χ1) is 6.22. The van der Waals surface area contributed by atoms with E-state index in [4.69, 9.17) is 5.11 Å². The predicted octanol–water partition coefficient (Wildman–Crippen LogP) is 0.0541. The third kappa shape index (κ3) is 3.32. The lowest BCUT2D eigenvalue weighted by atomic mass is 10.2. The molecule has 0 aliphatic heterocycles. The summed E-state index contributed by atoms with van der Waals surface area (Å²) in [6.45, 7) is 0.973. The van der Waals surface area contributed by atoms with Crippen LogP contribution in [0.2, 0.25) is 0 Å². The molecule has 1 fully saturated rings. The van der Waals surface area contributed by atoms with Crippen LogP contribution in [0.1, 0.15) is 25.7 Å². The van der Waals surface area contributed by atoms with Crippen molar-refractivity contribution in [1.29, 1.82) is 0 Å². The van der Waals surface area contributed by atoms with Gasteiger partial charge in [-0.15, -0.1) is 0 Å². The smallest absolute Gasteiger partial charge is 0.305 e. The molecule has 0 spiro atoms. The molecule has 0 aromatic heterocycles. The number of hydrogen-bond donors (Lipinski definition) is 2. The molecule has 4 nitrogen and oxygen atoms in total. The van der Waals surface area contributed by atoms with E-state index in [0.717, 1.165) is 25.8 Å². The second-order valence-electron chi connectivity index (χ2n) is 3.54. The fraction of sp³-hybridized carbons (Fsp3) is 0.889. The van der Waals surface area contributed by atoms with Crippen LogP contribution in [0.4, 0.5) is 0 Å². The number of carbonyl (C=O) groups is 1. The Hall–Kier alpha value is -0.610. The maximum Gasteiger partial charge on any atom is 0.305 e. The summed E-state index contributed by atoms with van der Waals surface area (Å²) in [6, 6.07) is 0. The van der Waals surface area contributed by atoms with Crippen LogP contribution in [-0.4, -0.2) is 36.9 Å². The minimum atomic E-state index is -0.171. The van der Waals surface area contributed by atoms with Gasteiger partial charge in [0.2, 0.25) is 0 Å². The standard InChI is InChI=1S/C9H17NO3/c1-13-8(12)3-2-6-10-9(7-11)4-5-9/h10-11H,2-7H2,1H3. The van der Waals surface area contributed by atoms with Gasteiger partial charge in [0, 0.05) is 12.0 Å². The lowest BCUT2D eigenvalue weighted by Crippen LogP contribution is -2.35. The van der Waals surface area contributed by atoms with Crippen molar-refractivity contribution in [2.75, 3.05) is 20.3 Å². The topological polar surface area (TPSA) is 58.6 Å². The molecular weight excluding hydrogens is 170 g/mol. The first kappa shape index (κ1) is 10.5. The van der Waals surface area contributed by atoms with Gasteiger partial charge in [-0.25, -0.2) is 0 Å². The van der Waals surface area contributed by atoms with E-state index in [-0.39, 0.29) is 18.1 Å². The van der Waals surface area contributed by atoms with Crippen molar-refractivity contribution in [2.24, 2.45) is 0 Å². The van der Waals surface area contributed by atoms with E-state index in [1.165, 1.54) is 7.11 Å². The molecular formula is C9H17NO3. The molecule has 0 saturated heterocycles. The van der Waals surface area contributed by atoms with Gasteiger partial charge in [0.25, 0.3) is 0 Å². The Kier molecular flexibility index (Phi) is 3.69. The monoisotopic (exact) mass is 187 g/mol. The Morgan fingerprint density at radius 3 is 2.77 bits per heavy atom. The van der Waals surface area contributed by atoms with Crippen molar-refractivity contribution in [3.63, 3.8) is 0 Å². The van der Waals surface area contributed by atoms with Gasteiger partial charge in [-0.2, -0.15) is 0 Å². The van der Waals surface area contributed by atoms with Crippen LogP contribution in [0.15, 0.2) is 0 Å². The largest absolute Gasteiger partial charge is 0.469 e. The van der Waals surface area contributed by atoms with Crippen LogP contribution in [0.5, 0.6) is 0 Å². The van der Waals surface area contributed by atoms with Crippen LogP contribution in [0, 0.1) is 0 Å². The molecule has 1 rings (SSSR count). The Balaban J connectivity index is 1.98. The summed E-state index contributed by atoms with van der Waals surface area (Å²) >= 11 is 0. The first-order valence-corrected chi connectivity index (χ1v) is 4.65. The molecule has 0 radical (unpaired) electrons. The van der Waals surface area contributed by atoms with Crippen molar-refractivity contribution in [3.8, 4) is 0 Å². The third-order valence-corrected chi connectivity index (χ3v) is 2.44. The van der Waals surface area contributed by atoms with Crippen LogP contribution in [0.3, 0.4) is 0 Å². The van der Waals surface area contributed by atoms with E-state index < -0.39 is 0 Å². The van der Waals surface area contributed by atoms with Crippen molar-refractivity contribution in [3.05, 3.63) is 0 Å². The number of nitrogens with one attached hydrogen (secondary N) is 1. The lowest BCUT2D eigenvalue weighted by Gasteiger charge is -2.13. The summed E-state index contributed by atoms with van der Waals surface area (Å²) in [7, 11) is 1.39. The number of hydrogen-bond acceptors (Lipinski definition) is 4. The van der Waals surface area contributed by atoms with Crippen molar-refractivity contribution in [2.45, 2.75) is 31.2 Å². The second kappa shape index (κ2) is 4.58. The molecule has 0 aromatic rings. The molecule has 1 aliphatic rings. The van der Waals surface area contributed by atoms with Gasteiger partial charge in [-0.1, -0.05) is 0 Å². The van der Waals surface area contributed by atoms with Gasteiger partial charge in [-0.3, -0.25) is 4.79 Å². The summed E-state index contributed by atoms with van der Waals surface area (Å²) in [4.78, 5) is 10.7. The minimum Gasteiger partial charge on any atom is -0.469 e. The average Bonchev–Trinajstić information content (AvgIpc) is 2.93. The molecule has 0 atom stereocenters. The molecule has 0 bridgehead atoms. The Bertz CT molecular complexity index is 178. The highest BCUT2D eigenvalue weighted by atomic mass is 16.5. The zero-order valence-corrected chi connectivity index (χ0v) is 8.01. The fourth-order valence-electron chi connectivity index (χ4n) is 1.23. The van der Waals surface area contributed by atoms with Gasteiger partial charge < -0.3 is 15.2 Å². The first-order valence-electron chi connectivity index (χ1n) is 4.65. The summed E-state index contributed by atoms with van der Waals surface area (Å²) in [6.07, 6.45) is 3.31. The highest BCUT2D eigenvalue weighted by Crippen LogP contribution is 2.34. The van der Waals surface area contributed by atoms with Crippen LogP contribution in [-0.2, 0) is 9.53 Å². The number of rotatable bonds is 6. The zero-order valence-electron chi connectivity index (χ0n) is 8.01. The summed E-state index contributed by atoms with van der Waals surface area (Å²) in [5.74, 6) is -0.171. The number of aliphatic hydroxyl groups is 1. The Labute approximate surface area is 78.3 Å². The summed E-state index contributed by atoms with van der Waals surface area (Å²) in [5, 5.41) is 12.2. The molecule has 4 heteroatoms. The Morgan fingerprint density at radius 2 is 2.31 bits per heavy atom. The van der Waals surface area contributed by atoms with E-state index in [2.05, 4.69) is 10.1 Å². The van der Waals surface area contributed by atoms with Crippen LogP contribution in [0.25, 0.3) is 0 Å². The molecule has 2 N–H and O–H groups in total. The number of aliphatic hydroxyl groups excluding tert-OH is 1. The van der Waals surface area contributed by atoms with Crippen molar-refractivity contribution in [1.82, 2.24) is 5.32 Å². The molecule has 0 unspecified atom stereocenters. The highest BCUT2D eigenvalue weighted by molar-refractivity contribution is 5.69. The van der Waals surface area contributed by atoms with Gasteiger partial charge in [0.15, 0.2) is 0 Å². The van der Waals surface area contributed by atoms with Crippen LogP contribution >= 0.6 is 0 Å². The maximum atomic E-state index is 10.7. The highest BCUT2D eigenvalue weighted by Gasteiger charge is 2.41.